The molecule has 0 amide bonds. The molecule has 0 aliphatic carbocycles. The Balaban J connectivity index is 3.05. The van der Waals surface area contributed by atoms with E-state index in [-0.39, 0.29) is 11.1 Å². The van der Waals surface area contributed by atoms with Crippen molar-refractivity contribution in [3.8, 4) is 5.75 Å². The Hall–Kier alpha value is -0.230. The molecule has 0 bridgehead atoms. The van der Waals surface area contributed by atoms with Gasteiger partial charge in [0.05, 0.1) is 4.88 Å². The normalized spacial score (nSPS) is 12.0. The van der Waals surface area contributed by atoms with Crippen LogP contribution in [0.2, 0.25) is 0 Å². The molecule has 0 aliphatic rings. The van der Waals surface area contributed by atoms with E-state index in [1.807, 2.05) is 0 Å². The van der Waals surface area contributed by atoms with Crippen LogP contribution in [0.25, 0.3) is 0 Å². The lowest BCUT2D eigenvalue weighted by Crippen LogP contribution is -2.00. The molecule has 1 aromatic heterocycles. The fourth-order valence-electron chi connectivity index (χ4n) is 0.655. The molecule has 1 aromatic rings. The second-order valence-corrected chi connectivity index (χ2v) is 3.75. The van der Waals surface area contributed by atoms with E-state index >= 15 is 0 Å². The molecule has 0 fully saturated rings. The molecule has 1 rings (SSSR count). The highest BCUT2D eigenvalue weighted by Crippen LogP contribution is 2.40. The van der Waals surface area contributed by atoms with Crippen molar-refractivity contribution in [3.63, 3.8) is 0 Å². The lowest BCUT2D eigenvalue weighted by molar-refractivity contribution is -0.134. The zero-order chi connectivity index (χ0) is 9.35. The van der Waals surface area contributed by atoms with Crippen molar-refractivity contribution in [1.29, 1.82) is 0 Å². The van der Waals surface area contributed by atoms with Crippen LogP contribution < -0.4 is 0 Å². The second kappa shape index (κ2) is 3.26. The lowest BCUT2D eigenvalue weighted by Gasteiger charge is -1.99. The summed E-state index contributed by atoms with van der Waals surface area (Å²) in [5.41, 5.74) is 0. The lowest BCUT2D eigenvalue weighted by atomic mass is 10.4. The second-order valence-electron chi connectivity index (χ2n) is 2.05. The molecule has 0 radical (unpaired) electrons. The first-order valence-corrected chi connectivity index (χ1v) is 4.83. The highest BCUT2D eigenvalue weighted by atomic mass is 79.9. The van der Waals surface area contributed by atoms with Gasteiger partial charge in [-0.05, 0) is 0 Å². The third-order valence-electron chi connectivity index (χ3n) is 1.19. The summed E-state index contributed by atoms with van der Waals surface area (Å²) < 4.78 is 36.0. The molecule has 0 spiro atoms. The average molecular weight is 261 g/mol. The predicted molar refractivity (Wildman–Crippen MR) is 43.6 cm³/mol. The van der Waals surface area contributed by atoms with Crippen LogP contribution >= 0.6 is 27.3 Å². The minimum Gasteiger partial charge on any atom is -0.507 e. The van der Waals surface area contributed by atoms with Gasteiger partial charge in [-0.15, -0.1) is 11.3 Å². The Morgan fingerprint density at radius 2 is 2.08 bits per heavy atom. The van der Waals surface area contributed by atoms with Gasteiger partial charge < -0.3 is 5.11 Å². The molecule has 1 N–H and O–H groups in total. The van der Waals surface area contributed by atoms with Crippen molar-refractivity contribution >= 4 is 27.3 Å². The van der Waals surface area contributed by atoms with Crippen LogP contribution in [0.1, 0.15) is 9.75 Å². The maximum Gasteiger partial charge on any atom is 0.425 e. The highest BCUT2D eigenvalue weighted by molar-refractivity contribution is 9.08. The standard InChI is InChI=1S/C6H4BrF3OS/c7-2-4-3(11)1-5(12-4)6(8,9)10/h1,11H,2H2. The third-order valence-corrected chi connectivity index (χ3v) is 3.29. The fourth-order valence-corrected chi connectivity index (χ4v) is 2.05. The molecule has 12 heavy (non-hydrogen) atoms. The van der Waals surface area contributed by atoms with Crippen LogP contribution in [0.4, 0.5) is 13.2 Å². The van der Waals surface area contributed by atoms with Crippen molar-refractivity contribution in [1.82, 2.24) is 0 Å². The molecule has 0 saturated heterocycles. The van der Waals surface area contributed by atoms with Gasteiger partial charge in [-0.3, -0.25) is 0 Å². The van der Waals surface area contributed by atoms with E-state index in [4.69, 9.17) is 5.11 Å². The number of halogens is 4. The molecular weight excluding hydrogens is 257 g/mol. The van der Waals surface area contributed by atoms with Gasteiger partial charge in [0, 0.05) is 11.4 Å². The summed E-state index contributed by atoms with van der Waals surface area (Å²) in [7, 11) is 0. The van der Waals surface area contributed by atoms with Crippen molar-refractivity contribution in [2.75, 3.05) is 0 Å². The number of aromatic hydroxyl groups is 1. The molecule has 1 nitrogen and oxygen atoms in total. The maximum absolute atomic E-state index is 12.0. The quantitative estimate of drug-likeness (QED) is 0.768. The number of thiophene rings is 1. The minimum absolute atomic E-state index is 0.236. The molecule has 6 heteroatoms. The molecule has 0 saturated carbocycles. The summed E-state index contributed by atoms with van der Waals surface area (Å²) in [4.78, 5) is -0.475. The van der Waals surface area contributed by atoms with E-state index in [0.717, 1.165) is 6.07 Å². The predicted octanol–water partition coefficient (Wildman–Crippen LogP) is 3.37. The van der Waals surface area contributed by atoms with Gasteiger partial charge in [0.2, 0.25) is 0 Å². The molecule has 0 aromatic carbocycles. The average Bonchev–Trinajstić information content (AvgIpc) is 2.29. The first-order chi connectivity index (χ1) is 5.45. The summed E-state index contributed by atoms with van der Waals surface area (Å²) in [6, 6.07) is 0.737. The SMILES string of the molecule is Oc1cc(C(F)(F)F)sc1CBr. The van der Waals surface area contributed by atoms with Gasteiger partial charge in [-0.1, -0.05) is 15.9 Å². The Labute approximate surface area is 79.0 Å². The van der Waals surface area contributed by atoms with E-state index in [1.54, 1.807) is 0 Å². The van der Waals surface area contributed by atoms with Crippen molar-refractivity contribution in [3.05, 3.63) is 15.8 Å². The highest BCUT2D eigenvalue weighted by Gasteiger charge is 2.33. The molecule has 1 heterocycles. The van der Waals surface area contributed by atoms with Crippen molar-refractivity contribution < 1.29 is 18.3 Å². The monoisotopic (exact) mass is 260 g/mol. The largest absolute Gasteiger partial charge is 0.507 e. The molecule has 68 valence electrons. The van der Waals surface area contributed by atoms with Crippen LogP contribution in [-0.2, 0) is 11.5 Å². The summed E-state index contributed by atoms with van der Waals surface area (Å²) in [5, 5.41) is 9.21. The maximum atomic E-state index is 12.0. The van der Waals surface area contributed by atoms with Crippen LogP contribution in [0.3, 0.4) is 0 Å². The first kappa shape index (κ1) is 9.85. The van der Waals surface area contributed by atoms with E-state index in [9.17, 15) is 13.2 Å². The van der Waals surface area contributed by atoms with Gasteiger partial charge in [0.15, 0.2) is 0 Å². The number of rotatable bonds is 1. The van der Waals surface area contributed by atoms with E-state index in [0.29, 0.717) is 16.2 Å². The van der Waals surface area contributed by atoms with Crippen LogP contribution in [0, 0.1) is 0 Å². The van der Waals surface area contributed by atoms with Crippen LogP contribution in [0.15, 0.2) is 6.07 Å². The van der Waals surface area contributed by atoms with Gasteiger partial charge in [0.1, 0.15) is 10.6 Å². The minimum atomic E-state index is -4.36. The summed E-state index contributed by atoms with van der Waals surface area (Å²) in [5.74, 6) is -0.302. The smallest absolute Gasteiger partial charge is 0.425 e. The fraction of sp³-hybridized carbons (Fsp3) is 0.333. The summed E-state index contributed by atoms with van der Waals surface area (Å²) in [6.45, 7) is 0. The number of hydrogen-bond acceptors (Lipinski definition) is 2. The van der Waals surface area contributed by atoms with E-state index in [1.165, 1.54) is 0 Å². The number of hydrogen-bond donors (Lipinski definition) is 1. The van der Waals surface area contributed by atoms with Gasteiger partial charge >= 0.3 is 6.18 Å². The van der Waals surface area contributed by atoms with Gasteiger partial charge in [0.25, 0.3) is 0 Å². The van der Waals surface area contributed by atoms with Crippen molar-refractivity contribution in [2.45, 2.75) is 11.5 Å². The van der Waals surface area contributed by atoms with Crippen LogP contribution in [0.5, 0.6) is 5.75 Å². The van der Waals surface area contributed by atoms with Gasteiger partial charge in [-0.25, -0.2) is 0 Å². The summed E-state index contributed by atoms with van der Waals surface area (Å²) in [6.07, 6.45) is -4.36. The third kappa shape index (κ3) is 1.92. The Morgan fingerprint density at radius 3 is 2.33 bits per heavy atom. The molecule has 0 aliphatic heterocycles. The Kier molecular flexibility index (Phi) is 2.67. The van der Waals surface area contributed by atoms with Gasteiger partial charge in [-0.2, -0.15) is 13.2 Å². The van der Waals surface area contributed by atoms with E-state index < -0.39 is 11.1 Å². The molecule has 0 unspecified atom stereocenters. The topological polar surface area (TPSA) is 20.2 Å². The zero-order valence-corrected chi connectivity index (χ0v) is 8.05. The zero-order valence-electron chi connectivity index (χ0n) is 5.65. The Bertz CT molecular complexity index is 281. The first-order valence-electron chi connectivity index (χ1n) is 2.90. The summed E-state index contributed by atoms with van der Waals surface area (Å²) >= 11 is 3.52. The number of alkyl halides is 4. The molecule has 0 atom stereocenters. The Morgan fingerprint density at radius 1 is 1.50 bits per heavy atom. The van der Waals surface area contributed by atoms with Crippen molar-refractivity contribution in [2.24, 2.45) is 0 Å². The van der Waals surface area contributed by atoms with Crippen LogP contribution in [-0.4, -0.2) is 5.11 Å². The molecular formula is C6H4BrF3OS. The van der Waals surface area contributed by atoms with E-state index in [2.05, 4.69) is 15.9 Å².